The average Bonchev–Trinajstić information content (AvgIpc) is 2.91. The number of fused-ring (bicyclic) bond motifs is 5. The highest BCUT2D eigenvalue weighted by Gasteiger charge is 2.38. The van der Waals surface area contributed by atoms with E-state index < -0.39 is 17.3 Å². The van der Waals surface area contributed by atoms with Crippen LogP contribution in [0.2, 0.25) is 0 Å². The van der Waals surface area contributed by atoms with Crippen LogP contribution in [0, 0.1) is 5.92 Å². The fraction of sp³-hybridized carbons (Fsp3) is 0.250. The van der Waals surface area contributed by atoms with Crippen LogP contribution in [0.1, 0.15) is 41.5 Å². The molecule has 0 aliphatic carbocycles. The number of hydrogen-bond donors (Lipinski definition) is 0. The largest absolute Gasteiger partial charge is 0.489 e. The normalized spacial score (nSPS) is 18.0. The van der Waals surface area contributed by atoms with Crippen molar-refractivity contribution in [3.63, 3.8) is 0 Å². The first kappa shape index (κ1) is 23.4. The molecule has 0 radical (unpaired) electrons. The van der Waals surface area contributed by atoms with Crippen molar-refractivity contribution in [3.8, 4) is 11.5 Å². The minimum atomic E-state index is -0.575. The first-order valence-electron chi connectivity index (χ1n) is 11.9. The average molecular weight is 486 g/mol. The Balaban J connectivity index is 1.77. The van der Waals surface area contributed by atoms with Crippen LogP contribution >= 0.6 is 0 Å². The number of benzene rings is 2. The number of para-hydroxylation sites is 1. The predicted octanol–water partition coefficient (Wildman–Crippen LogP) is 3.50. The standard InChI is InChI=1S/C28H27N3O5/c1-19(2)28(34)36-26-22(32)14-16-30-25(26)27(33)29-15-8-9-17-35-23-13-7-6-12-21(23)24(31(30)18-29)20-10-4-3-5-11-20/h3-14,16,19,24H,15,17-18H2,1-2H3/b9-8-/t24-/m1/s1. The van der Waals surface area contributed by atoms with Crippen LogP contribution in [0.3, 0.4) is 0 Å². The Bertz CT molecular complexity index is 1380. The Kier molecular flexibility index (Phi) is 6.33. The second kappa shape index (κ2) is 9.73. The molecule has 3 heterocycles. The summed E-state index contributed by atoms with van der Waals surface area (Å²) in [5.41, 5.74) is 1.37. The highest BCUT2D eigenvalue weighted by molar-refractivity contribution is 5.97. The summed E-state index contributed by atoms with van der Waals surface area (Å²) in [7, 11) is 0. The van der Waals surface area contributed by atoms with Gasteiger partial charge in [-0.2, -0.15) is 0 Å². The fourth-order valence-electron chi connectivity index (χ4n) is 4.43. The zero-order valence-corrected chi connectivity index (χ0v) is 20.2. The Labute approximate surface area is 208 Å². The van der Waals surface area contributed by atoms with Gasteiger partial charge in [0.15, 0.2) is 5.69 Å². The van der Waals surface area contributed by atoms with Crippen LogP contribution < -0.4 is 19.9 Å². The lowest BCUT2D eigenvalue weighted by atomic mass is 9.97. The van der Waals surface area contributed by atoms with E-state index in [-0.39, 0.29) is 30.1 Å². The van der Waals surface area contributed by atoms with Gasteiger partial charge in [-0.1, -0.05) is 68.5 Å². The number of ether oxygens (including phenoxy) is 2. The van der Waals surface area contributed by atoms with E-state index in [1.807, 2.05) is 71.8 Å². The van der Waals surface area contributed by atoms with Crippen molar-refractivity contribution in [2.24, 2.45) is 5.92 Å². The molecule has 0 fully saturated rings. The highest BCUT2D eigenvalue weighted by Crippen LogP contribution is 2.37. The number of amides is 1. The van der Waals surface area contributed by atoms with Gasteiger partial charge in [0.1, 0.15) is 25.1 Å². The quantitative estimate of drug-likeness (QED) is 0.417. The molecular formula is C28H27N3O5. The lowest BCUT2D eigenvalue weighted by Crippen LogP contribution is -2.55. The Morgan fingerprint density at radius 3 is 2.53 bits per heavy atom. The van der Waals surface area contributed by atoms with Gasteiger partial charge in [-0.3, -0.25) is 24.1 Å². The molecule has 2 bridgehead atoms. The number of pyridine rings is 1. The monoisotopic (exact) mass is 485 g/mol. The predicted molar refractivity (Wildman–Crippen MR) is 135 cm³/mol. The van der Waals surface area contributed by atoms with Crippen molar-refractivity contribution in [2.45, 2.75) is 19.9 Å². The zero-order valence-electron chi connectivity index (χ0n) is 20.2. The van der Waals surface area contributed by atoms with Crippen LogP contribution in [0.5, 0.6) is 11.5 Å². The molecule has 36 heavy (non-hydrogen) atoms. The molecule has 0 spiro atoms. The topological polar surface area (TPSA) is 81.1 Å². The number of nitrogens with zero attached hydrogens (tertiary/aromatic N) is 3. The second-order valence-electron chi connectivity index (χ2n) is 9.02. The molecule has 0 saturated carbocycles. The van der Waals surface area contributed by atoms with E-state index in [1.54, 1.807) is 29.6 Å². The smallest absolute Gasteiger partial charge is 0.313 e. The maximum Gasteiger partial charge on any atom is 0.313 e. The molecule has 184 valence electrons. The third kappa shape index (κ3) is 4.26. The molecule has 3 aromatic rings. The summed E-state index contributed by atoms with van der Waals surface area (Å²) < 4.78 is 13.3. The summed E-state index contributed by atoms with van der Waals surface area (Å²) in [6, 6.07) is 18.6. The van der Waals surface area contributed by atoms with Crippen LogP contribution in [-0.4, -0.2) is 41.3 Å². The summed E-state index contributed by atoms with van der Waals surface area (Å²) in [5, 5.41) is 1.99. The fourth-order valence-corrected chi connectivity index (χ4v) is 4.43. The number of carbonyl (C=O) groups excluding carboxylic acids is 2. The lowest BCUT2D eigenvalue weighted by Gasteiger charge is -2.44. The van der Waals surface area contributed by atoms with Crippen LogP contribution in [0.4, 0.5) is 0 Å². The summed E-state index contributed by atoms with van der Waals surface area (Å²) >= 11 is 0. The van der Waals surface area contributed by atoms with Gasteiger partial charge in [0.2, 0.25) is 11.2 Å². The minimum absolute atomic E-state index is 0.0229. The first-order chi connectivity index (χ1) is 17.5. The Hall–Kier alpha value is -4.33. The van der Waals surface area contributed by atoms with E-state index in [1.165, 1.54) is 6.07 Å². The van der Waals surface area contributed by atoms with E-state index >= 15 is 0 Å². The minimum Gasteiger partial charge on any atom is -0.489 e. The Morgan fingerprint density at radius 1 is 1.00 bits per heavy atom. The van der Waals surface area contributed by atoms with Gasteiger partial charge in [-0.15, -0.1) is 0 Å². The van der Waals surface area contributed by atoms with Crippen molar-refractivity contribution in [2.75, 3.05) is 24.8 Å². The summed E-state index contributed by atoms with van der Waals surface area (Å²) in [6.45, 7) is 4.25. The van der Waals surface area contributed by atoms with Gasteiger partial charge in [0, 0.05) is 24.4 Å². The van der Waals surface area contributed by atoms with Crippen molar-refractivity contribution < 1.29 is 19.1 Å². The van der Waals surface area contributed by atoms with E-state index in [0.29, 0.717) is 13.2 Å². The molecule has 8 nitrogen and oxygen atoms in total. The van der Waals surface area contributed by atoms with E-state index in [2.05, 4.69) is 0 Å². The molecule has 2 aliphatic rings. The highest BCUT2D eigenvalue weighted by atomic mass is 16.5. The molecule has 1 aromatic heterocycles. The molecule has 0 unspecified atom stereocenters. The van der Waals surface area contributed by atoms with E-state index in [4.69, 9.17) is 9.47 Å². The van der Waals surface area contributed by atoms with Crippen molar-refractivity contribution in [3.05, 3.63) is 106 Å². The molecule has 5 rings (SSSR count). The molecule has 2 aromatic carbocycles. The van der Waals surface area contributed by atoms with Gasteiger partial charge in [0.25, 0.3) is 5.91 Å². The molecular weight excluding hydrogens is 458 g/mol. The number of carbonyl (C=O) groups is 2. The third-order valence-electron chi connectivity index (χ3n) is 6.25. The summed E-state index contributed by atoms with van der Waals surface area (Å²) in [4.78, 5) is 40.7. The first-order valence-corrected chi connectivity index (χ1v) is 11.9. The van der Waals surface area contributed by atoms with E-state index in [9.17, 15) is 14.4 Å². The molecule has 0 saturated heterocycles. The molecule has 0 N–H and O–H groups in total. The number of hydrogen-bond acceptors (Lipinski definition) is 6. The summed E-state index contributed by atoms with van der Waals surface area (Å²) in [5.74, 6) is -0.968. The van der Waals surface area contributed by atoms with Crippen molar-refractivity contribution in [1.82, 2.24) is 9.58 Å². The molecule has 8 heteroatoms. The second-order valence-corrected chi connectivity index (χ2v) is 9.02. The van der Waals surface area contributed by atoms with Crippen LogP contribution in [0.25, 0.3) is 0 Å². The third-order valence-corrected chi connectivity index (χ3v) is 6.25. The van der Waals surface area contributed by atoms with Gasteiger partial charge in [-0.05, 0) is 17.7 Å². The van der Waals surface area contributed by atoms with Crippen molar-refractivity contribution in [1.29, 1.82) is 0 Å². The van der Waals surface area contributed by atoms with Crippen LogP contribution in [-0.2, 0) is 4.79 Å². The van der Waals surface area contributed by atoms with Crippen molar-refractivity contribution >= 4 is 11.9 Å². The molecule has 2 aliphatic heterocycles. The van der Waals surface area contributed by atoms with Crippen LogP contribution in [0.15, 0.2) is 83.8 Å². The number of rotatable bonds is 3. The van der Waals surface area contributed by atoms with Gasteiger partial charge in [-0.25, -0.2) is 0 Å². The lowest BCUT2D eigenvalue weighted by molar-refractivity contribution is -0.137. The number of aromatic nitrogens is 1. The van der Waals surface area contributed by atoms with E-state index in [0.717, 1.165) is 16.9 Å². The van der Waals surface area contributed by atoms with Gasteiger partial charge in [0.05, 0.1) is 5.92 Å². The molecule has 1 amide bonds. The maximum atomic E-state index is 13.7. The van der Waals surface area contributed by atoms with Gasteiger partial charge >= 0.3 is 5.97 Å². The molecule has 1 atom stereocenters. The summed E-state index contributed by atoms with van der Waals surface area (Å²) in [6.07, 6.45) is 5.29. The van der Waals surface area contributed by atoms with Gasteiger partial charge < -0.3 is 14.4 Å². The Morgan fingerprint density at radius 2 is 1.75 bits per heavy atom. The maximum absolute atomic E-state index is 13.7. The zero-order chi connectivity index (χ0) is 25.2. The SMILES string of the molecule is CC(C)C(=O)Oc1c2n(ccc1=O)N1CN(C/C=C\COc3ccccc3[C@H]1c1ccccc1)C2=O. The number of esters is 1.